The van der Waals surface area contributed by atoms with E-state index >= 15 is 0 Å². The lowest BCUT2D eigenvalue weighted by atomic mass is 10.0. The van der Waals surface area contributed by atoms with Crippen molar-refractivity contribution in [2.24, 2.45) is 5.84 Å². The van der Waals surface area contributed by atoms with Crippen LogP contribution in [0, 0.1) is 13.8 Å². The predicted octanol–water partition coefficient (Wildman–Crippen LogP) is 4.57. The van der Waals surface area contributed by atoms with Gasteiger partial charge in [0.1, 0.15) is 0 Å². The number of hydrogen-bond donors (Lipinski definition) is 2. The number of nitrogen functional groups attached to an aromatic ring is 1. The second kappa shape index (κ2) is 5.47. The van der Waals surface area contributed by atoms with Crippen LogP contribution in [0.15, 0.2) is 46.9 Å². The first kappa shape index (κ1) is 14.0. The number of halogens is 1. The Morgan fingerprint density at radius 2 is 1.81 bits per heavy atom. The molecular formula is C17H16BrN3. The van der Waals surface area contributed by atoms with Gasteiger partial charge in [0.25, 0.3) is 0 Å². The van der Waals surface area contributed by atoms with E-state index in [2.05, 4.69) is 41.3 Å². The number of hydrogen-bond acceptors (Lipinski definition) is 3. The number of aromatic nitrogens is 1. The molecule has 3 aromatic rings. The highest BCUT2D eigenvalue weighted by molar-refractivity contribution is 9.10. The first-order valence-corrected chi connectivity index (χ1v) is 7.53. The zero-order valence-electron chi connectivity index (χ0n) is 11.9. The molecule has 4 heteroatoms. The molecule has 3 rings (SSSR count). The third-order valence-corrected chi connectivity index (χ3v) is 4.90. The lowest BCUT2D eigenvalue weighted by Crippen LogP contribution is -2.08. The number of rotatable bonds is 2. The van der Waals surface area contributed by atoms with Crippen molar-refractivity contribution in [3.8, 4) is 11.3 Å². The number of aryl methyl sites for hydroxylation is 2. The number of nitrogens with two attached hydrogens (primary N) is 1. The lowest BCUT2D eigenvalue weighted by Gasteiger charge is -2.14. The molecule has 0 aliphatic rings. The molecule has 0 unspecified atom stereocenters. The van der Waals surface area contributed by atoms with E-state index < -0.39 is 0 Å². The maximum absolute atomic E-state index is 5.73. The van der Waals surface area contributed by atoms with Crippen LogP contribution in [0.1, 0.15) is 11.1 Å². The Morgan fingerprint density at radius 1 is 1.10 bits per heavy atom. The van der Waals surface area contributed by atoms with Crippen LogP contribution in [0.4, 0.5) is 5.69 Å². The van der Waals surface area contributed by atoms with Crippen LogP contribution in [0.5, 0.6) is 0 Å². The van der Waals surface area contributed by atoms with Gasteiger partial charge in [-0.3, -0.25) is 5.84 Å². The molecule has 0 saturated heterocycles. The van der Waals surface area contributed by atoms with Gasteiger partial charge in [0.2, 0.25) is 0 Å². The first-order chi connectivity index (χ1) is 10.1. The van der Waals surface area contributed by atoms with Gasteiger partial charge in [0.05, 0.1) is 16.9 Å². The standard InChI is InChI=1S/C17H16BrN3/c1-10-8-14-16(11(2)17(10)18)15(21-19)9-13(20-14)12-6-4-3-5-7-12/h3-9H,19H2,1-2H3,(H,20,21). The predicted molar refractivity (Wildman–Crippen MR) is 92.2 cm³/mol. The first-order valence-electron chi connectivity index (χ1n) is 6.74. The van der Waals surface area contributed by atoms with Crippen LogP contribution in [-0.4, -0.2) is 4.98 Å². The van der Waals surface area contributed by atoms with E-state index in [1.54, 1.807) is 0 Å². The molecule has 0 radical (unpaired) electrons. The Labute approximate surface area is 132 Å². The van der Waals surface area contributed by atoms with E-state index in [0.717, 1.165) is 37.9 Å². The summed E-state index contributed by atoms with van der Waals surface area (Å²) in [6.07, 6.45) is 0. The van der Waals surface area contributed by atoms with Gasteiger partial charge in [0, 0.05) is 15.4 Å². The van der Waals surface area contributed by atoms with Gasteiger partial charge in [-0.05, 0) is 37.1 Å². The smallest absolute Gasteiger partial charge is 0.0736 e. The number of pyridine rings is 1. The molecule has 0 bridgehead atoms. The van der Waals surface area contributed by atoms with Crippen molar-refractivity contribution in [1.29, 1.82) is 0 Å². The minimum atomic E-state index is 0.886. The summed E-state index contributed by atoms with van der Waals surface area (Å²) in [5.74, 6) is 5.73. The maximum atomic E-state index is 5.73. The van der Waals surface area contributed by atoms with Crippen molar-refractivity contribution in [2.75, 3.05) is 5.43 Å². The van der Waals surface area contributed by atoms with Crippen molar-refractivity contribution in [3.05, 3.63) is 58.1 Å². The van der Waals surface area contributed by atoms with Gasteiger partial charge < -0.3 is 5.43 Å². The van der Waals surface area contributed by atoms with Crippen LogP contribution in [0.3, 0.4) is 0 Å². The third kappa shape index (κ3) is 2.41. The van der Waals surface area contributed by atoms with E-state index in [1.807, 2.05) is 36.4 Å². The summed E-state index contributed by atoms with van der Waals surface area (Å²) in [5, 5.41) is 1.05. The summed E-state index contributed by atoms with van der Waals surface area (Å²) >= 11 is 3.63. The van der Waals surface area contributed by atoms with E-state index in [0.29, 0.717) is 0 Å². The number of hydrazine groups is 1. The number of anilines is 1. The molecule has 3 N–H and O–H groups in total. The molecule has 2 aromatic carbocycles. The van der Waals surface area contributed by atoms with Gasteiger partial charge >= 0.3 is 0 Å². The molecule has 0 saturated carbocycles. The highest BCUT2D eigenvalue weighted by Gasteiger charge is 2.12. The average Bonchev–Trinajstić information content (AvgIpc) is 2.52. The maximum Gasteiger partial charge on any atom is 0.0736 e. The summed E-state index contributed by atoms with van der Waals surface area (Å²) in [5.41, 5.74) is 8.94. The van der Waals surface area contributed by atoms with Crippen LogP contribution in [0.2, 0.25) is 0 Å². The van der Waals surface area contributed by atoms with Crippen molar-refractivity contribution in [1.82, 2.24) is 4.98 Å². The minimum absolute atomic E-state index is 0.886. The molecule has 3 nitrogen and oxygen atoms in total. The molecule has 1 aromatic heterocycles. The average molecular weight is 342 g/mol. The van der Waals surface area contributed by atoms with Crippen molar-refractivity contribution < 1.29 is 0 Å². The fraction of sp³-hybridized carbons (Fsp3) is 0.118. The molecule has 21 heavy (non-hydrogen) atoms. The summed E-state index contributed by atoms with van der Waals surface area (Å²) in [6.45, 7) is 4.15. The van der Waals surface area contributed by atoms with Crippen molar-refractivity contribution >= 4 is 32.5 Å². The number of nitrogens with zero attached hydrogens (tertiary/aromatic N) is 1. The fourth-order valence-corrected chi connectivity index (χ4v) is 2.92. The second-order valence-electron chi connectivity index (χ2n) is 5.09. The number of nitrogens with one attached hydrogen (secondary N) is 1. The van der Waals surface area contributed by atoms with E-state index in [4.69, 9.17) is 10.8 Å². The molecule has 1 heterocycles. The van der Waals surface area contributed by atoms with Crippen LogP contribution < -0.4 is 11.3 Å². The largest absolute Gasteiger partial charge is 0.323 e. The fourth-order valence-electron chi connectivity index (χ4n) is 2.61. The van der Waals surface area contributed by atoms with E-state index in [1.165, 1.54) is 5.56 Å². The van der Waals surface area contributed by atoms with Crippen LogP contribution in [0.25, 0.3) is 22.2 Å². The topological polar surface area (TPSA) is 50.9 Å². The molecular weight excluding hydrogens is 326 g/mol. The Hall–Kier alpha value is -1.91. The van der Waals surface area contributed by atoms with Gasteiger partial charge in [-0.2, -0.15) is 0 Å². The van der Waals surface area contributed by atoms with Crippen molar-refractivity contribution in [3.63, 3.8) is 0 Å². The molecule has 0 atom stereocenters. The summed E-state index contributed by atoms with van der Waals surface area (Å²) in [4.78, 5) is 4.80. The zero-order chi connectivity index (χ0) is 15.0. The summed E-state index contributed by atoms with van der Waals surface area (Å²) in [6, 6.07) is 14.2. The number of benzene rings is 2. The molecule has 0 aliphatic carbocycles. The van der Waals surface area contributed by atoms with Crippen LogP contribution in [-0.2, 0) is 0 Å². The SMILES string of the molecule is Cc1cc2nc(-c3ccccc3)cc(NN)c2c(C)c1Br. The Balaban J connectivity index is 2.35. The Kier molecular flexibility index (Phi) is 3.66. The number of fused-ring (bicyclic) bond motifs is 1. The lowest BCUT2D eigenvalue weighted by molar-refractivity contribution is 1.30. The summed E-state index contributed by atoms with van der Waals surface area (Å²) in [7, 11) is 0. The summed E-state index contributed by atoms with van der Waals surface area (Å²) < 4.78 is 1.10. The highest BCUT2D eigenvalue weighted by atomic mass is 79.9. The van der Waals surface area contributed by atoms with E-state index in [9.17, 15) is 0 Å². The van der Waals surface area contributed by atoms with Gasteiger partial charge in [-0.1, -0.05) is 46.3 Å². The van der Waals surface area contributed by atoms with Gasteiger partial charge in [0.15, 0.2) is 0 Å². The highest BCUT2D eigenvalue weighted by Crippen LogP contribution is 2.35. The van der Waals surface area contributed by atoms with Gasteiger partial charge in [-0.25, -0.2) is 4.98 Å². The zero-order valence-corrected chi connectivity index (χ0v) is 13.5. The normalized spacial score (nSPS) is 10.9. The Morgan fingerprint density at radius 3 is 2.48 bits per heavy atom. The van der Waals surface area contributed by atoms with Crippen LogP contribution >= 0.6 is 15.9 Å². The molecule has 0 amide bonds. The molecule has 106 valence electrons. The Bertz CT molecular complexity index is 813. The van der Waals surface area contributed by atoms with Gasteiger partial charge in [-0.15, -0.1) is 0 Å². The second-order valence-corrected chi connectivity index (χ2v) is 5.88. The molecule has 0 aliphatic heterocycles. The quantitative estimate of drug-likeness (QED) is 0.530. The van der Waals surface area contributed by atoms with Crippen molar-refractivity contribution in [2.45, 2.75) is 13.8 Å². The molecule has 0 spiro atoms. The van der Waals surface area contributed by atoms with E-state index in [-0.39, 0.29) is 0 Å². The monoisotopic (exact) mass is 341 g/mol. The third-order valence-electron chi connectivity index (χ3n) is 3.68. The minimum Gasteiger partial charge on any atom is -0.323 e. The molecule has 0 fully saturated rings.